The minimum Gasteiger partial charge on any atom is -0.454 e. The van der Waals surface area contributed by atoms with E-state index >= 15 is 0 Å². The van der Waals surface area contributed by atoms with E-state index in [1.807, 2.05) is 28.5 Å². The van der Waals surface area contributed by atoms with Gasteiger partial charge in [-0.3, -0.25) is 4.79 Å². The lowest BCUT2D eigenvalue weighted by Gasteiger charge is -2.37. The fraction of sp³-hybridized carbons (Fsp3) is 0.412. The molecule has 0 radical (unpaired) electrons. The van der Waals surface area contributed by atoms with Crippen LogP contribution in [0.4, 0.5) is 0 Å². The van der Waals surface area contributed by atoms with Crippen molar-refractivity contribution in [3.05, 3.63) is 29.3 Å². The molecule has 1 aromatic carbocycles. The van der Waals surface area contributed by atoms with E-state index in [-0.39, 0.29) is 18.7 Å². The van der Waals surface area contributed by atoms with Crippen molar-refractivity contribution in [3.63, 3.8) is 0 Å². The average Bonchev–Trinajstić information content (AvgIpc) is 3.23. The van der Waals surface area contributed by atoms with Gasteiger partial charge in [-0.15, -0.1) is 11.3 Å². The Morgan fingerprint density at radius 3 is 2.96 bits per heavy atom. The van der Waals surface area contributed by atoms with Crippen LogP contribution >= 0.6 is 11.3 Å². The first-order valence-electron chi connectivity index (χ1n) is 7.97. The third-order valence-electron chi connectivity index (χ3n) is 4.43. The van der Waals surface area contributed by atoms with Crippen LogP contribution in [0.15, 0.2) is 23.6 Å². The Morgan fingerprint density at radius 2 is 2.12 bits per heavy atom. The molecule has 1 fully saturated rings. The van der Waals surface area contributed by atoms with E-state index in [2.05, 4.69) is 23.9 Å². The number of carbonyl (C=O) groups excluding carboxylic acids is 1. The van der Waals surface area contributed by atoms with Crippen LogP contribution in [0, 0.1) is 0 Å². The summed E-state index contributed by atoms with van der Waals surface area (Å²) in [5, 5.41) is 2.66. The van der Waals surface area contributed by atoms with Gasteiger partial charge in [-0.05, 0) is 32.2 Å². The van der Waals surface area contributed by atoms with E-state index in [4.69, 9.17) is 9.47 Å². The maximum Gasteiger partial charge on any atom is 0.273 e. The van der Waals surface area contributed by atoms with Gasteiger partial charge in [-0.1, -0.05) is 0 Å². The first-order chi connectivity index (χ1) is 11.6. The molecule has 1 atom stereocenters. The molecule has 7 heteroatoms. The summed E-state index contributed by atoms with van der Waals surface area (Å²) in [5.41, 5.74) is 1.46. The van der Waals surface area contributed by atoms with Gasteiger partial charge in [-0.25, -0.2) is 4.98 Å². The SMILES string of the molecule is C[C@H]1CN(C)CCN1C(=O)c1csc(-c2ccc3c(c2)OCO3)n1. The van der Waals surface area contributed by atoms with E-state index in [0.717, 1.165) is 41.7 Å². The summed E-state index contributed by atoms with van der Waals surface area (Å²) < 4.78 is 10.7. The van der Waals surface area contributed by atoms with E-state index in [1.54, 1.807) is 0 Å². The normalized spacial score (nSPS) is 20.4. The number of ether oxygens (including phenoxy) is 2. The number of fused-ring (bicyclic) bond motifs is 1. The highest BCUT2D eigenvalue weighted by molar-refractivity contribution is 7.13. The van der Waals surface area contributed by atoms with Gasteiger partial charge in [0, 0.05) is 36.6 Å². The van der Waals surface area contributed by atoms with Gasteiger partial charge in [0.1, 0.15) is 10.7 Å². The molecule has 0 aliphatic carbocycles. The highest BCUT2D eigenvalue weighted by atomic mass is 32.1. The summed E-state index contributed by atoms with van der Waals surface area (Å²) in [6, 6.07) is 5.93. The van der Waals surface area contributed by atoms with Crippen molar-refractivity contribution in [1.29, 1.82) is 0 Å². The van der Waals surface area contributed by atoms with Crippen molar-refractivity contribution in [1.82, 2.24) is 14.8 Å². The minimum absolute atomic E-state index is 0.0128. The third-order valence-corrected chi connectivity index (χ3v) is 5.33. The van der Waals surface area contributed by atoms with Gasteiger partial charge in [0.05, 0.1) is 0 Å². The topological polar surface area (TPSA) is 54.9 Å². The van der Waals surface area contributed by atoms with Crippen molar-refractivity contribution < 1.29 is 14.3 Å². The second-order valence-electron chi connectivity index (χ2n) is 6.22. The molecular formula is C17H19N3O3S. The Balaban J connectivity index is 1.55. The van der Waals surface area contributed by atoms with Gasteiger partial charge >= 0.3 is 0 Å². The summed E-state index contributed by atoms with van der Waals surface area (Å²) in [6.45, 7) is 4.87. The Bertz CT molecular complexity index is 776. The van der Waals surface area contributed by atoms with Gasteiger partial charge < -0.3 is 19.3 Å². The highest BCUT2D eigenvalue weighted by Crippen LogP contribution is 2.36. The largest absolute Gasteiger partial charge is 0.454 e. The van der Waals surface area contributed by atoms with E-state index in [1.165, 1.54) is 11.3 Å². The molecule has 2 aliphatic rings. The Kier molecular flexibility index (Phi) is 3.90. The van der Waals surface area contributed by atoms with Crippen LogP contribution in [0.25, 0.3) is 10.6 Å². The number of piperazine rings is 1. The summed E-state index contributed by atoms with van der Waals surface area (Å²) >= 11 is 1.48. The summed E-state index contributed by atoms with van der Waals surface area (Å²) in [5.74, 6) is 1.49. The maximum absolute atomic E-state index is 12.8. The van der Waals surface area contributed by atoms with Crippen molar-refractivity contribution >= 4 is 17.2 Å². The number of likely N-dealkylation sites (N-methyl/N-ethyl adjacent to an activating group) is 1. The molecule has 1 aromatic heterocycles. The van der Waals surface area contributed by atoms with Crippen LogP contribution in [-0.2, 0) is 0 Å². The van der Waals surface area contributed by atoms with Crippen LogP contribution in [-0.4, -0.2) is 60.2 Å². The summed E-state index contributed by atoms with van der Waals surface area (Å²) in [4.78, 5) is 21.5. The Labute approximate surface area is 144 Å². The molecule has 4 rings (SSSR count). The zero-order valence-corrected chi connectivity index (χ0v) is 14.5. The number of hydrogen-bond acceptors (Lipinski definition) is 6. The molecule has 3 heterocycles. The van der Waals surface area contributed by atoms with Crippen molar-refractivity contribution in [2.45, 2.75) is 13.0 Å². The summed E-state index contributed by atoms with van der Waals surface area (Å²) in [7, 11) is 2.08. The van der Waals surface area contributed by atoms with Crippen LogP contribution < -0.4 is 9.47 Å². The molecule has 0 unspecified atom stereocenters. The second kappa shape index (κ2) is 6.07. The van der Waals surface area contributed by atoms with Crippen LogP contribution in [0.3, 0.4) is 0 Å². The third kappa shape index (κ3) is 2.74. The molecule has 126 valence electrons. The highest BCUT2D eigenvalue weighted by Gasteiger charge is 2.28. The smallest absolute Gasteiger partial charge is 0.273 e. The Morgan fingerprint density at radius 1 is 1.29 bits per heavy atom. The predicted molar refractivity (Wildman–Crippen MR) is 91.7 cm³/mol. The molecule has 2 aromatic rings. The predicted octanol–water partition coefficient (Wildman–Crippen LogP) is 2.31. The maximum atomic E-state index is 12.8. The first-order valence-corrected chi connectivity index (χ1v) is 8.85. The van der Waals surface area contributed by atoms with Gasteiger partial charge in [0.2, 0.25) is 6.79 Å². The monoisotopic (exact) mass is 345 g/mol. The van der Waals surface area contributed by atoms with Crippen LogP contribution in [0.2, 0.25) is 0 Å². The number of aromatic nitrogens is 1. The standard InChI is InChI=1S/C17H19N3O3S/c1-11-8-19(2)5-6-20(11)17(21)13-9-24-16(18-13)12-3-4-14-15(7-12)23-10-22-14/h3-4,7,9,11H,5-6,8,10H2,1-2H3/t11-/m0/s1. The molecule has 0 saturated carbocycles. The quantitative estimate of drug-likeness (QED) is 0.836. The molecule has 6 nitrogen and oxygen atoms in total. The molecule has 1 amide bonds. The molecular weight excluding hydrogens is 326 g/mol. The number of thiazole rings is 1. The van der Waals surface area contributed by atoms with Gasteiger partial charge in [-0.2, -0.15) is 0 Å². The number of benzene rings is 1. The minimum atomic E-state index is 0.0128. The second-order valence-corrected chi connectivity index (χ2v) is 7.07. The lowest BCUT2D eigenvalue weighted by atomic mass is 10.2. The van der Waals surface area contributed by atoms with Crippen molar-refractivity contribution in [3.8, 4) is 22.1 Å². The molecule has 2 aliphatic heterocycles. The van der Waals surface area contributed by atoms with Gasteiger partial charge in [0.25, 0.3) is 5.91 Å². The van der Waals surface area contributed by atoms with Crippen LogP contribution in [0.5, 0.6) is 11.5 Å². The fourth-order valence-electron chi connectivity index (χ4n) is 3.12. The van der Waals surface area contributed by atoms with E-state index < -0.39 is 0 Å². The van der Waals surface area contributed by atoms with Crippen LogP contribution in [0.1, 0.15) is 17.4 Å². The lowest BCUT2D eigenvalue weighted by Crippen LogP contribution is -2.52. The average molecular weight is 345 g/mol. The van der Waals surface area contributed by atoms with E-state index in [0.29, 0.717) is 5.69 Å². The molecule has 1 saturated heterocycles. The zero-order chi connectivity index (χ0) is 16.7. The van der Waals surface area contributed by atoms with Crippen molar-refractivity contribution in [2.75, 3.05) is 33.5 Å². The molecule has 0 N–H and O–H groups in total. The summed E-state index contributed by atoms with van der Waals surface area (Å²) in [6.07, 6.45) is 0. The molecule has 0 bridgehead atoms. The fourth-order valence-corrected chi connectivity index (χ4v) is 3.91. The number of carbonyl (C=O) groups is 1. The number of rotatable bonds is 2. The van der Waals surface area contributed by atoms with E-state index in [9.17, 15) is 4.79 Å². The van der Waals surface area contributed by atoms with Gasteiger partial charge in [0.15, 0.2) is 11.5 Å². The number of amides is 1. The van der Waals surface area contributed by atoms with Crippen molar-refractivity contribution in [2.24, 2.45) is 0 Å². The molecule has 0 spiro atoms. The zero-order valence-electron chi connectivity index (χ0n) is 13.7. The Hall–Kier alpha value is -2.12. The first kappa shape index (κ1) is 15.4. The number of hydrogen-bond donors (Lipinski definition) is 0. The number of nitrogens with zero attached hydrogens (tertiary/aromatic N) is 3. The lowest BCUT2D eigenvalue weighted by molar-refractivity contribution is 0.0528. The molecule has 24 heavy (non-hydrogen) atoms.